The van der Waals surface area contributed by atoms with Crippen LogP contribution < -0.4 is 0 Å². The monoisotopic (exact) mass is 879 g/mol. The Kier molecular flexibility index (Phi) is 7.97. The molecule has 4 heterocycles. The first-order valence-corrected chi connectivity index (χ1v) is 23.4. The molecule has 0 bridgehead atoms. The predicted molar refractivity (Wildman–Crippen MR) is 285 cm³/mol. The molecule has 0 radical (unpaired) electrons. The summed E-state index contributed by atoms with van der Waals surface area (Å²) in [5.41, 5.74) is 10.8. The summed E-state index contributed by atoms with van der Waals surface area (Å²) in [4.78, 5) is 16.0. The van der Waals surface area contributed by atoms with E-state index in [0.717, 1.165) is 93.6 Å². The topological polar surface area (TPSA) is 61.7 Å². The lowest BCUT2D eigenvalue weighted by Crippen LogP contribution is -2.02. The summed E-state index contributed by atoms with van der Waals surface area (Å²) in [5.74, 6) is 1.70. The summed E-state index contributed by atoms with van der Waals surface area (Å²) < 4.78 is 12.0. The van der Waals surface area contributed by atoms with Crippen molar-refractivity contribution in [1.82, 2.24) is 24.1 Å². The molecule has 0 unspecified atom stereocenters. The fourth-order valence-corrected chi connectivity index (χ4v) is 11.1. The van der Waals surface area contributed by atoms with Gasteiger partial charge in [-0.3, -0.25) is 0 Å². The van der Waals surface area contributed by atoms with Crippen LogP contribution in [0.1, 0.15) is 0 Å². The van der Waals surface area contributed by atoms with E-state index in [9.17, 15) is 0 Å². The minimum atomic E-state index is 0.536. The molecule has 15 aromatic rings. The maximum Gasteiger partial charge on any atom is 0.167 e. The molecular formula is C63H37N5O. The zero-order valence-corrected chi connectivity index (χ0v) is 37.0. The molecule has 0 aliphatic carbocycles. The van der Waals surface area contributed by atoms with E-state index in [-0.39, 0.29) is 0 Å². The van der Waals surface area contributed by atoms with E-state index < -0.39 is 0 Å². The summed E-state index contributed by atoms with van der Waals surface area (Å²) >= 11 is 0. The number of rotatable bonds is 5. The second-order valence-corrected chi connectivity index (χ2v) is 17.9. The molecule has 69 heavy (non-hydrogen) atoms. The van der Waals surface area contributed by atoms with Crippen LogP contribution >= 0.6 is 0 Å². The number of benzene rings is 11. The molecule has 0 aliphatic rings. The van der Waals surface area contributed by atoms with E-state index in [1.165, 1.54) is 32.3 Å². The molecule has 0 spiro atoms. The molecule has 0 atom stereocenters. The van der Waals surface area contributed by atoms with Gasteiger partial charge in [0.25, 0.3) is 0 Å². The number of aromatic nitrogens is 5. The van der Waals surface area contributed by atoms with Gasteiger partial charge < -0.3 is 13.6 Å². The lowest BCUT2D eigenvalue weighted by Gasteiger charge is -2.13. The third-order valence-corrected chi connectivity index (χ3v) is 14.1. The zero-order chi connectivity index (χ0) is 45.2. The molecule has 0 saturated carbocycles. The van der Waals surface area contributed by atoms with Crippen molar-refractivity contribution in [3.8, 4) is 45.5 Å². The Hall–Kier alpha value is -9.39. The van der Waals surface area contributed by atoms with E-state index in [0.29, 0.717) is 17.5 Å². The third-order valence-electron chi connectivity index (χ3n) is 14.1. The maximum atomic E-state index is 7.18. The van der Waals surface area contributed by atoms with Crippen molar-refractivity contribution in [1.29, 1.82) is 0 Å². The molecule has 0 aliphatic heterocycles. The second-order valence-electron chi connectivity index (χ2n) is 17.9. The number of nitrogens with zero attached hydrogens (tertiary/aromatic N) is 5. The predicted octanol–water partition coefficient (Wildman–Crippen LogP) is 16.4. The van der Waals surface area contributed by atoms with Crippen LogP contribution in [-0.4, -0.2) is 24.1 Å². The molecule has 320 valence electrons. The molecule has 0 saturated heterocycles. The summed E-state index contributed by atoms with van der Waals surface area (Å²) in [6, 6.07) is 79.6. The van der Waals surface area contributed by atoms with Crippen molar-refractivity contribution in [2.24, 2.45) is 0 Å². The van der Waals surface area contributed by atoms with Crippen LogP contribution in [0.25, 0.3) is 143 Å². The van der Waals surface area contributed by atoms with Crippen LogP contribution in [0.15, 0.2) is 229 Å². The Labute approximate surface area is 394 Å². The third kappa shape index (κ3) is 5.57. The first-order chi connectivity index (χ1) is 34.2. The van der Waals surface area contributed by atoms with Crippen molar-refractivity contribution < 1.29 is 4.42 Å². The molecule has 6 heteroatoms. The van der Waals surface area contributed by atoms with Crippen LogP contribution in [0, 0.1) is 0 Å². The van der Waals surface area contributed by atoms with E-state index >= 15 is 0 Å². The molecule has 0 N–H and O–H groups in total. The Balaban J connectivity index is 1.00. The van der Waals surface area contributed by atoms with Gasteiger partial charge in [0.05, 0.1) is 33.3 Å². The summed E-state index contributed by atoms with van der Waals surface area (Å²) in [5, 5.41) is 13.8. The van der Waals surface area contributed by atoms with Gasteiger partial charge in [-0.15, -0.1) is 0 Å². The lowest BCUT2D eigenvalue weighted by molar-refractivity contribution is 0.673. The highest BCUT2D eigenvalue weighted by Crippen LogP contribution is 2.45. The van der Waals surface area contributed by atoms with Crippen LogP contribution in [0.4, 0.5) is 0 Å². The average Bonchev–Trinajstić information content (AvgIpc) is 4.08. The number of fused-ring (bicyclic) bond motifs is 14. The van der Waals surface area contributed by atoms with E-state index in [1.54, 1.807) is 0 Å². The highest BCUT2D eigenvalue weighted by molar-refractivity contribution is 6.25. The van der Waals surface area contributed by atoms with Crippen molar-refractivity contribution in [3.05, 3.63) is 224 Å². The standard InChI is InChI=1S/C63H37N5O/c1-3-18-39(19-4-1)61-64-62(49-30-15-28-46-44-25-13-14-32-53(44)67(58(46)49)42-22-5-2-6-23-42)66-63(65-61)50-31-16-29-48-51-37-56(45-26-11-12-27-47(45)60(51)69-59(48)50)68-54-34-33-38-17-9-10-24-43(38)57(54)52-35-40-20-7-8-21-41(40)36-55(52)68/h1-37H. The van der Waals surface area contributed by atoms with Crippen LogP contribution in [0.3, 0.4) is 0 Å². The van der Waals surface area contributed by atoms with Crippen molar-refractivity contribution in [2.45, 2.75) is 0 Å². The van der Waals surface area contributed by atoms with Crippen LogP contribution in [0.2, 0.25) is 0 Å². The minimum Gasteiger partial charge on any atom is -0.455 e. The highest BCUT2D eigenvalue weighted by Gasteiger charge is 2.24. The lowest BCUT2D eigenvalue weighted by atomic mass is 10.0. The van der Waals surface area contributed by atoms with Gasteiger partial charge in [0.1, 0.15) is 11.2 Å². The first-order valence-electron chi connectivity index (χ1n) is 23.4. The summed E-state index contributed by atoms with van der Waals surface area (Å²) in [6.07, 6.45) is 0. The molecule has 0 fully saturated rings. The molecule has 15 rings (SSSR count). The number of furan rings is 1. The van der Waals surface area contributed by atoms with Crippen molar-refractivity contribution in [3.63, 3.8) is 0 Å². The van der Waals surface area contributed by atoms with Gasteiger partial charge in [-0.1, -0.05) is 170 Å². The summed E-state index contributed by atoms with van der Waals surface area (Å²) in [6.45, 7) is 0. The maximum absolute atomic E-state index is 7.18. The molecule has 6 nitrogen and oxygen atoms in total. The van der Waals surface area contributed by atoms with Gasteiger partial charge in [-0.2, -0.15) is 0 Å². The van der Waals surface area contributed by atoms with E-state index in [2.05, 4.69) is 215 Å². The number of para-hydroxylation sites is 4. The SMILES string of the molecule is c1ccc(-c2nc(-c3cccc4c3oc3c5ccccc5c(-n5c6cc7ccccc7cc6c6c7ccccc7ccc65)cc43)nc(-c3cccc4c5ccccc5n(-c5ccccc5)c34)n2)cc1. The fraction of sp³-hybridized carbons (Fsp3) is 0. The van der Waals surface area contributed by atoms with Crippen LogP contribution in [-0.2, 0) is 0 Å². The van der Waals surface area contributed by atoms with Gasteiger partial charge in [0, 0.05) is 59.9 Å². The average molecular weight is 880 g/mol. The van der Waals surface area contributed by atoms with Crippen molar-refractivity contribution in [2.75, 3.05) is 0 Å². The smallest absolute Gasteiger partial charge is 0.167 e. The quantitative estimate of drug-likeness (QED) is 0.173. The molecule has 11 aromatic carbocycles. The normalized spacial score (nSPS) is 12.1. The fourth-order valence-electron chi connectivity index (χ4n) is 11.1. The van der Waals surface area contributed by atoms with Gasteiger partial charge >= 0.3 is 0 Å². The minimum absolute atomic E-state index is 0.536. The molecule has 4 aromatic heterocycles. The second kappa shape index (κ2) is 14.6. The zero-order valence-electron chi connectivity index (χ0n) is 37.0. The van der Waals surface area contributed by atoms with Gasteiger partial charge in [0.2, 0.25) is 0 Å². The number of hydrogen-bond acceptors (Lipinski definition) is 4. The number of hydrogen-bond donors (Lipinski definition) is 0. The van der Waals surface area contributed by atoms with Gasteiger partial charge in [0.15, 0.2) is 17.5 Å². The Morgan fingerprint density at radius 1 is 0.319 bits per heavy atom. The first kappa shape index (κ1) is 37.8. The molecular weight excluding hydrogens is 843 g/mol. The largest absolute Gasteiger partial charge is 0.455 e. The van der Waals surface area contributed by atoms with Crippen LogP contribution in [0.5, 0.6) is 0 Å². The van der Waals surface area contributed by atoms with Gasteiger partial charge in [-0.05, 0) is 76.1 Å². The summed E-state index contributed by atoms with van der Waals surface area (Å²) in [7, 11) is 0. The van der Waals surface area contributed by atoms with E-state index in [4.69, 9.17) is 19.4 Å². The molecule has 0 amide bonds. The Morgan fingerprint density at radius 2 is 0.913 bits per heavy atom. The van der Waals surface area contributed by atoms with Crippen molar-refractivity contribution >= 4 is 97.9 Å². The van der Waals surface area contributed by atoms with Gasteiger partial charge in [-0.25, -0.2) is 15.0 Å². The Bertz CT molecular complexity index is 4600. The van der Waals surface area contributed by atoms with E-state index in [1.807, 2.05) is 18.2 Å². The Morgan fingerprint density at radius 3 is 1.72 bits per heavy atom. The highest BCUT2D eigenvalue weighted by atomic mass is 16.3.